The van der Waals surface area contributed by atoms with Gasteiger partial charge in [0.05, 0.1) is 11.4 Å². The van der Waals surface area contributed by atoms with Gasteiger partial charge in [0.1, 0.15) is 0 Å². The molecule has 0 spiro atoms. The monoisotopic (exact) mass is 282 g/mol. The Labute approximate surface area is 124 Å². The number of azo groups is 1. The van der Waals surface area contributed by atoms with E-state index < -0.39 is 0 Å². The van der Waals surface area contributed by atoms with Crippen LogP contribution in [0.5, 0.6) is 0 Å². The Morgan fingerprint density at radius 3 is 2.29 bits per heavy atom. The van der Waals surface area contributed by atoms with Gasteiger partial charge >= 0.3 is 0 Å². The average Bonchev–Trinajstić information content (AvgIpc) is 2.46. The lowest BCUT2D eigenvalue weighted by Crippen LogP contribution is -2.21. The van der Waals surface area contributed by atoms with Crippen LogP contribution in [0.25, 0.3) is 0 Å². The Bertz CT molecular complexity index is 675. The van der Waals surface area contributed by atoms with Crippen molar-refractivity contribution in [3.05, 3.63) is 53.6 Å². The zero-order valence-corrected chi connectivity index (χ0v) is 12.4. The third-order valence-corrected chi connectivity index (χ3v) is 3.01. The highest BCUT2D eigenvalue weighted by Crippen LogP contribution is 2.23. The number of aryl methyl sites for hydroxylation is 1. The topological polar surface area (TPSA) is 71.0 Å². The fourth-order valence-electron chi connectivity index (χ4n) is 1.83. The number of benzene rings is 2. The van der Waals surface area contributed by atoms with Crippen LogP contribution >= 0.6 is 0 Å². The van der Waals surface area contributed by atoms with Crippen LogP contribution in [-0.2, 0) is 0 Å². The Kier molecular flexibility index (Phi) is 4.33. The maximum Gasteiger partial charge on any atom is 0.253 e. The fraction of sp³-hybridized carbons (Fsp3) is 0.188. The highest BCUT2D eigenvalue weighted by Gasteiger charge is 2.06. The summed E-state index contributed by atoms with van der Waals surface area (Å²) in [4.78, 5) is 13.3. The van der Waals surface area contributed by atoms with Crippen LogP contribution in [-0.4, -0.2) is 24.9 Å². The molecule has 2 aromatic carbocycles. The van der Waals surface area contributed by atoms with Gasteiger partial charge in [0.15, 0.2) is 0 Å². The summed E-state index contributed by atoms with van der Waals surface area (Å²) in [5.41, 5.74) is 9.47. The van der Waals surface area contributed by atoms with Gasteiger partial charge in [0.25, 0.3) is 5.91 Å². The second kappa shape index (κ2) is 6.17. The highest BCUT2D eigenvalue weighted by molar-refractivity contribution is 5.94. The summed E-state index contributed by atoms with van der Waals surface area (Å²) < 4.78 is 0. The van der Waals surface area contributed by atoms with Crippen LogP contribution in [0.4, 0.5) is 17.1 Å². The largest absolute Gasteiger partial charge is 0.399 e. The smallest absolute Gasteiger partial charge is 0.253 e. The van der Waals surface area contributed by atoms with Gasteiger partial charge in [-0.2, -0.15) is 10.2 Å². The summed E-state index contributed by atoms with van der Waals surface area (Å²) in [7, 11) is 3.44. The number of nitrogens with two attached hydrogens (primary N) is 1. The lowest BCUT2D eigenvalue weighted by Gasteiger charge is -2.09. The van der Waals surface area contributed by atoms with Crippen molar-refractivity contribution in [1.29, 1.82) is 0 Å². The quantitative estimate of drug-likeness (QED) is 0.688. The molecular formula is C16H18N4O. The van der Waals surface area contributed by atoms with E-state index in [-0.39, 0.29) is 5.91 Å². The molecule has 0 unspecified atom stereocenters. The molecule has 0 saturated heterocycles. The molecule has 0 radical (unpaired) electrons. The molecule has 0 bridgehead atoms. The van der Waals surface area contributed by atoms with E-state index in [1.165, 1.54) is 4.90 Å². The third-order valence-electron chi connectivity index (χ3n) is 3.01. The number of carbonyl (C=O) groups excluding carboxylic acids is 1. The van der Waals surface area contributed by atoms with Gasteiger partial charge in [-0.15, -0.1) is 0 Å². The summed E-state index contributed by atoms with van der Waals surface area (Å²) >= 11 is 0. The molecule has 21 heavy (non-hydrogen) atoms. The standard InChI is InChI=1S/C16H18N4O/c1-11-10-13(17)6-9-15(11)19-18-14-7-4-12(5-8-14)16(21)20(2)3/h4-10H,17H2,1-3H3. The van der Waals surface area contributed by atoms with Crippen molar-refractivity contribution in [3.63, 3.8) is 0 Å². The minimum atomic E-state index is -0.0344. The lowest BCUT2D eigenvalue weighted by atomic mass is 10.2. The molecule has 1 amide bonds. The van der Waals surface area contributed by atoms with Gasteiger partial charge in [0.2, 0.25) is 0 Å². The van der Waals surface area contributed by atoms with Gasteiger partial charge in [-0.25, -0.2) is 0 Å². The molecule has 2 rings (SSSR count). The summed E-state index contributed by atoms with van der Waals surface area (Å²) in [6.07, 6.45) is 0. The number of amides is 1. The van der Waals surface area contributed by atoms with E-state index in [0.717, 1.165) is 11.3 Å². The summed E-state index contributed by atoms with van der Waals surface area (Å²) in [5, 5.41) is 8.37. The SMILES string of the molecule is Cc1cc(N)ccc1N=Nc1ccc(C(=O)N(C)C)cc1. The molecule has 108 valence electrons. The number of rotatable bonds is 3. The maximum absolute atomic E-state index is 11.8. The van der Waals surface area contributed by atoms with Gasteiger partial charge in [-0.3, -0.25) is 4.79 Å². The van der Waals surface area contributed by atoms with Gasteiger partial charge in [-0.1, -0.05) is 0 Å². The normalized spacial score (nSPS) is 10.8. The van der Waals surface area contributed by atoms with Crippen LogP contribution < -0.4 is 5.73 Å². The predicted molar refractivity (Wildman–Crippen MR) is 84.2 cm³/mol. The molecule has 0 fully saturated rings. The first-order valence-corrected chi connectivity index (χ1v) is 6.57. The molecule has 0 aromatic heterocycles. The number of hydrogen-bond acceptors (Lipinski definition) is 4. The minimum Gasteiger partial charge on any atom is -0.399 e. The Hall–Kier alpha value is -2.69. The molecule has 5 nitrogen and oxygen atoms in total. The third kappa shape index (κ3) is 3.66. The molecule has 2 aromatic rings. The zero-order chi connectivity index (χ0) is 15.4. The van der Waals surface area contributed by atoms with Crippen molar-refractivity contribution in [1.82, 2.24) is 4.90 Å². The molecule has 0 aliphatic carbocycles. The molecule has 5 heteroatoms. The van der Waals surface area contributed by atoms with E-state index in [1.807, 2.05) is 19.1 Å². The van der Waals surface area contributed by atoms with Crippen LogP contribution in [0.15, 0.2) is 52.7 Å². The van der Waals surface area contributed by atoms with E-state index >= 15 is 0 Å². The van der Waals surface area contributed by atoms with E-state index in [1.54, 1.807) is 44.4 Å². The number of hydrogen-bond donors (Lipinski definition) is 1. The lowest BCUT2D eigenvalue weighted by molar-refractivity contribution is 0.0827. The zero-order valence-electron chi connectivity index (χ0n) is 12.4. The molecule has 2 N–H and O–H groups in total. The number of anilines is 1. The van der Waals surface area contributed by atoms with Crippen LogP contribution in [0.1, 0.15) is 15.9 Å². The van der Waals surface area contributed by atoms with Gasteiger partial charge in [0, 0.05) is 25.3 Å². The van der Waals surface area contributed by atoms with Crippen molar-refractivity contribution in [2.45, 2.75) is 6.92 Å². The van der Waals surface area contributed by atoms with Crippen LogP contribution in [0.2, 0.25) is 0 Å². The van der Waals surface area contributed by atoms with Crippen molar-refractivity contribution < 1.29 is 4.79 Å². The van der Waals surface area contributed by atoms with Crippen molar-refractivity contribution in [3.8, 4) is 0 Å². The van der Waals surface area contributed by atoms with Crippen LogP contribution in [0.3, 0.4) is 0 Å². The van der Waals surface area contributed by atoms with Gasteiger partial charge < -0.3 is 10.6 Å². The van der Waals surface area contributed by atoms with Crippen molar-refractivity contribution in [2.24, 2.45) is 10.2 Å². The fourth-order valence-corrected chi connectivity index (χ4v) is 1.83. The molecule has 0 aliphatic rings. The summed E-state index contributed by atoms with van der Waals surface area (Å²) in [6.45, 7) is 1.93. The second-order valence-corrected chi connectivity index (χ2v) is 4.99. The highest BCUT2D eigenvalue weighted by atomic mass is 16.2. The first-order chi connectivity index (χ1) is 9.97. The molecule has 0 heterocycles. The first kappa shape index (κ1) is 14.7. The summed E-state index contributed by atoms with van der Waals surface area (Å²) in [5.74, 6) is -0.0344. The molecule has 0 saturated carbocycles. The number of nitrogens with zero attached hydrogens (tertiary/aromatic N) is 3. The van der Waals surface area contributed by atoms with Gasteiger partial charge in [-0.05, 0) is 55.0 Å². The van der Waals surface area contributed by atoms with E-state index in [2.05, 4.69) is 10.2 Å². The number of nitrogen functional groups attached to an aromatic ring is 1. The maximum atomic E-state index is 11.8. The van der Waals surface area contributed by atoms with Crippen LogP contribution in [0, 0.1) is 6.92 Å². The number of carbonyl (C=O) groups is 1. The molecule has 0 aliphatic heterocycles. The minimum absolute atomic E-state index is 0.0344. The Morgan fingerprint density at radius 1 is 1.05 bits per heavy atom. The molecule has 0 atom stereocenters. The van der Waals surface area contributed by atoms with E-state index in [4.69, 9.17) is 5.73 Å². The van der Waals surface area contributed by atoms with E-state index in [0.29, 0.717) is 16.9 Å². The predicted octanol–water partition coefficient (Wildman–Crippen LogP) is 3.69. The van der Waals surface area contributed by atoms with Crippen molar-refractivity contribution in [2.75, 3.05) is 19.8 Å². The molecular weight excluding hydrogens is 264 g/mol. The first-order valence-electron chi connectivity index (χ1n) is 6.57. The Morgan fingerprint density at radius 2 is 1.71 bits per heavy atom. The Balaban J connectivity index is 2.16. The summed E-state index contributed by atoms with van der Waals surface area (Å²) in [6, 6.07) is 12.5. The van der Waals surface area contributed by atoms with Crippen molar-refractivity contribution >= 4 is 23.0 Å². The second-order valence-electron chi connectivity index (χ2n) is 4.99. The average molecular weight is 282 g/mol. The van der Waals surface area contributed by atoms with E-state index in [9.17, 15) is 4.79 Å².